The summed E-state index contributed by atoms with van der Waals surface area (Å²) in [5, 5.41) is 6.34. The molecule has 0 saturated carbocycles. The van der Waals surface area contributed by atoms with Crippen LogP contribution in [0, 0.1) is 6.92 Å². The minimum atomic E-state index is -0.315. The highest BCUT2D eigenvalue weighted by Gasteiger charge is 2.21. The topological polar surface area (TPSA) is 79.9 Å². The fourth-order valence-electron chi connectivity index (χ4n) is 3.80. The highest BCUT2D eigenvalue weighted by atomic mass is 35.5. The maximum absolute atomic E-state index is 12.7. The van der Waals surface area contributed by atoms with Crippen molar-refractivity contribution in [3.63, 3.8) is 0 Å². The van der Waals surface area contributed by atoms with E-state index in [0.29, 0.717) is 45.6 Å². The molecule has 3 rings (SSSR count). The standard InChI is InChI=1S/C23H28ClN3O4/c1-15-21(30-2)18(25-20(28)14-27-11-5-4-6-12-27)13-19(22(15)31-3)26-23(29)16-7-9-17(24)10-8-16/h7-10,13H,4-6,11-12,14H2,1-3H3,(H,25,28)(H,26,29). The number of methoxy groups -OCH3 is 2. The Labute approximate surface area is 187 Å². The molecule has 2 amide bonds. The van der Waals surface area contributed by atoms with Crippen LogP contribution in [0.15, 0.2) is 30.3 Å². The number of nitrogens with one attached hydrogen (secondary N) is 2. The van der Waals surface area contributed by atoms with Crippen molar-refractivity contribution in [3.8, 4) is 11.5 Å². The van der Waals surface area contributed by atoms with Crippen molar-refractivity contribution in [2.24, 2.45) is 0 Å². The molecule has 1 saturated heterocycles. The highest BCUT2D eigenvalue weighted by Crippen LogP contribution is 2.41. The number of carbonyl (C=O) groups is 2. The first-order valence-corrected chi connectivity index (χ1v) is 10.7. The third-order valence-electron chi connectivity index (χ3n) is 5.31. The molecule has 31 heavy (non-hydrogen) atoms. The Morgan fingerprint density at radius 2 is 1.55 bits per heavy atom. The summed E-state index contributed by atoms with van der Waals surface area (Å²) in [7, 11) is 3.06. The Morgan fingerprint density at radius 1 is 0.968 bits per heavy atom. The number of halogens is 1. The SMILES string of the molecule is COc1c(NC(=O)CN2CCCCC2)cc(NC(=O)c2ccc(Cl)cc2)c(OC)c1C. The van der Waals surface area contributed by atoms with Gasteiger partial charge in [-0.25, -0.2) is 0 Å². The first-order chi connectivity index (χ1) is 14.9. The van der Waals surface area contributed by atoms with Gasteiger partial charge >= 0.3 is 0 Å². The van der Waals surface area contributed by atoms with E-state index in [2.05, 4.69) is 15.5 Å². The van der Waals surface area contributed by atoms with Gasteiger partial charge in [0, 0.05) is 16.1 Å². The van der Waals surface area contributed by atoms with Crippen LogP contribution in [-0.4, -0.2) is 50.6 Å². The van der Waals surface area contributed by atoms with Gasteiger partial charge in [0.2, 0.25) is 5.91 Å². The maximum atomic E-state index is 12.7. The van der Waals surface area contributed by atoms with Gasteiger partial charge in [-0.05, 0) is 63.2 Å². The van der Waals surface area contributed by atoms with E-state index in [-0.39, 0.29) is 11.8 Å². The molecule has 0 spiro atoms. The molecule has 0 aliphatic carbocycles. The highest BCUT2D eigenvalue weighted by molar-refractivity contribution is 6.30. The molecule has 0 bridgehead atoms. The number of amides is 2. The van der Waals surface area contributed by atoms with Crippen molar-refractivity contribution in [1.82, 2.24) is 4.90 Å². The number of rotatable bonds is 7. The van der Waals surface area contributed by atoms with Gasteiger partial charge in [-0.1, -0.05) is 18.0 Å². The number of carbonyl (C=O) groups excluding carboxylic acids is 2. The molecule has 2 aromatic carbocycles. The number of hydrogen-bond acceptors (Lipinski definition) is 5. The summed E-state index contributed by atoms with van der Waals surface area (Å²) >= 11 is 5.91. The van der Waals surface area contributed by atoms with E-state index in [4.69, 9.17) is 21.1 Å². The maximum Gasteiger partial charge on any atom is 0.255 e. The number of benzene rings is 2. The van der Waals surface area contributed by atoms with Gasteiger partial charge < -0.3 is 20.1 Å². The Bertz CT molecular complexity index is 941. The van der Waals surface area contributed by atoms with E-state index < -0.39 is 0 Å². The molecule has 0 radical (unpaired) electrons. The van der Waals surface area contributed by atoms with E-state index in [1.54, 1.807) is 30.3 Å². The Morgan fingerprint density at radius 3 is 2.13 bits per heavy atom. The van der Waals surface area contributed by atoms with Crippen LogP contribution in [0.4, 0.5) is 11.4 Å². The van der Waals surface area contributed by atoms with Crippen LogP contribution in [0.25, 0.3) is 0 Å². The summed E-state index contributed by atoms with van der Waals surface area (Å²) in [6.45, 7) is 3.99. The van der Waals surface area contributed by atoms with Gasteiger partial charge in [-0.15, -0.1) is 0 Å². The molecule has 2 N–H and O–H groups in total. The second kappa shape index (κ2) is 10.5. The fraction of sp³-hybridized carbons (Fsp3) is 0.391. The largest absolute Gasteiger partial charge is 0.494 e. The second-order valence-corrected chi connectivity index (χ2v) is 7.95. The zero-order valence-electron chi connectivity index (χ0n) is 18.1. The van der Waals surface area contributed by atoms with Crippen LogP contribution in [0.3, 0.4) is 0 Å². The fourth-order valence-corrected chi connectivity index (χ4v) is 3.93. The van der Waals surface area contributed by atoms with Crippen molar-refractivity contribution in [3.05, 3.63) is 46.5 Å². The number of piperidine rings is 1. The summed E-state index contributed by atoms with van der Waals surface area (Å²) in [6.07, 6.45) is 3.43. The Hall–Kier alpha value is -2.77. The number of anilines is 2. The van der Waals surface area contributed by atoms with Crippen molar-refractivity contribution in [2.45, 2.75) is 26.2 Å². The quantitative estimate of drug-likeness (QED) is 0.662. The van der Waals surface area contributed by atoms with Gasteiger partial charge in [-0.3, -0.25) is 14.5 Å². The van der Waals surface area contributed by atoms with E-state index in [9.17, 15) is 9.59 Å². The molecule has 0 unspecified atom stereocenters. The number of likely N-dealkylation sites (tertiary alicyclic amines) is 1. The predicted molar refractivity (Wildman–Crippen MR) is 123 cm³/mol. The lowest BCUT2D eigenvalue weighted by Crippen LogP contribution is -2.36. The van der Waals surface area contributed by atoms with Crippen molar-refractivity contribution in [1.29, 1.82) is 0 Å². The summed E-state index contributed by atoms with van der Waals surface area (Å²) in [5.74, 6) is 0.520. The molecule has 0 aromatic heterocycles. The molecule has 1 aliphatic heterocycles. The zero-order chi connectivity index (χ0) is 22.4. The van der Waals surface area contributed by atoms with Crippen LogP contribution < -0.4 is 20.1 Å². The molecule has 7 nitrogen and oxygen atoms in total. The van der Waals surface area contributed by atoms with Crippen LogP contribution in [0.5, 0.6) is 11.5 Å². The summed E-state index contributed by atoms with van der Waals surface area (Å²) < 4.78 is 11.1. The first kappa shape index (κ1) is 22.9. The lowest BCUT2D eigenvalue weighted by molar-refractivity contribution is -0.117. The van der Waals surface area contributed by atoms with Gasteiger partial charge in [0.05, 0.1) is 32.1 Å². The van der Waals surface area contributed by atoms with Crippen LogP contribution in [0.1, 0.15) is 35.2 Å². The minimum Gasteiger partial charge on any atom is -0.494 e. The Balaban J connectivity index is 1.84. The van der Waals surface area contributed by atoms with Gasteiger partial charge in [0.1, 0.15) is 11.5 Å². The molecule has 0 atom stereocenters. The molecule has 1 heterocycles. The molecule has 8 heteroatoms. The Kier molecular flexibility index (Phi) is 7.76. The second-order valence-electron chi connectivity index (χ2n) is 7.51. The van der Waals surface area contributed by atoms with Crippen molar-refractivity contribution in [2.75, 3.05) is 44.5 Å². The summed E-state index contributed by atoms with van der Waals surface area (Å²) in [5.41, 5.74) is 2.05. The smallest absolute Gasteiger partial charge is 0.255 e. The summed E-state index contributed by atoms with van der Waals surface area (Å²) in [4.78, 5) is 27.5. The normalized spacial score (nSPS) is 14.1. The number of ether oxygens (including phenoxy) is 2. The first-order valence-electron chi connectivity index (χ1n) is 10.3. The van der Waals surface area contributed by atoms with Crippen LogP contribution in [0.2, 0.25) is 5.02 Å². The number of nitrogens with zero attached hydrogens (tertiary/aromatic N) is 1. The lowest BCUT2D eigenvalue weighted by Gasteiger charge is -2.26. The van der Waals surface area contributed by atoms with Crippen molar-refractivity contribution < 1.29 is 19.1 Å². The summed E-state index contributed by atoms with van der Waals surface area (Å²) in [6, 6.07) is 8.24. The van der Waals surface area contributed by atoms with Crippen LogP contribution in [-0.2, 0) is 4.79 Å². The monoisotopic (exact) mass is 445 g/mol. The molecule has 2 aromatic rings. The van der Waals surface area contributed by atoms with Gasteiger partial charge in [-0.2, -0.15) is 0 Å². The lowest BCUT2D eigenvalue weighted by atomic mass is 10.1. The third kappa shape index (κ3) is 5.68. The third-order valence-corrected chi connectivity index (χ3v) is 5.56. The average molecular weight is 446 g/mol. The minimum absolute atomic E-state index is 0.125. The van der Waals surface area contributed by atoms with E-state index >= 15 is 0 Å². The van der Waals surface area contributed by atoms with E-state index in [0.717, 1.165) is 25.9 Å². The van der Waals surface area contributed by atoms with Gasteiger partial charge in [0.25, 0.3) is 5.91 Å². The molecular weight excluding hydrogens is 418 g/mol. The molecular formula is C23H28ClN3O4. The van der Waals surface area contributed by atoms with Crippen molar-refractivity contribution >= 4 is 34.8 Å². The van der Waals surface area contributed by atoms with Crippen LogP contribution >= 0.6 is 11.6 Å². The number of hydrogen-bond donors (Lipinski definition) is 2. The molecule has 1 fully saturated rings. The predicted octanol–water partition coefficient (Wildman–Crippen LogP) is 4.34. The van der Waals surface area contributed by atoms with E-state index in [1.807, 2.05) is 6.92 Å². The van der Waals surface area contributed by atoms with Gasteiger partial charge in [0.15, 0.2) is 0 Å². The van der Waals surface area contributed by atoms with E-state index in [1.165, 1.54) is 20.6 Å². The zero-order valence-corrected chi connectivity index (χ0v) is 18.8. The molecule has 1 aliphatic rings. The molecule has 166 valence electrons. The average Bonchev–Trinajstić information content (AvgIpc) is 2.75.